The average molecular weight is 561 g/mol. The first-order chi connectivity index (χ1) is 19.8. The summed E-state index contributed by atoms with van der Waals surface area (Å²) < 4.78 is 19.7. The summed E-state index contributed by atoms with van der Waals surface area (Å²) in [5.74, 6) is 4.85. The zero-order valence-corrected chi connectivity index (χ0v) is 23.6. The van der Waals surface area contributed by atoms with Crippen molar-refractivity contribution in [1.29, 1.82) is 0 Å². The van der Waals surface area contributed by atoms with Gasteiger partial charge in [-0.2, -0.15) is 0 Å². The van der Waals surface area contributed by atoms with Crippen LogP contribution in [0.1, 0.15) is 36.1 Å². The molecule has 0 N–H and O–H groups in total. The smallest absolute Gasteiger partial charge is 0.208 e. The van der Waals surface area contributed by atoms with Crippen LogP contribution in [0.25, 0.3) is 0 Å². The number of rotatable bonds is 6. The molecule has 0 amide bonds. The van der Waals surface area contributed by atoms with Gasteiger partial charge in [0.1, 0.15) is 11.7 Å². The van der Waals surface area contributed by atoms with E-state index in [1.807, 2.05) is 117 Å². The van der Waals surface area contributed by atoms with Crippen molar-refractivity contribution in [1.82, 2.24) is 0 Å². The number of carbonyl (C=O) groups excluding carboxylic acids is 1. The van der Waals surface area contributed by atoms with E-state index in [9.17, 15) is 4.79 Å². The van der Waals surface area contributed by atoms with Crippen LogP contribution in [-0.2, 0) is 24.6 Å². The molecule has 0 radical (unpaired) electrons. The van der Waals surface area contributed by atoms with Gasteiger partial charge in [-0.15, -0.1) is 0 Å². The maximum absolute atomic E-state index is 14.1. The third-order valence-corrected chi connectivity index (χ3v) is 7.69. The Balaban J connectivity index is 1.43. The van der Waals surface area contributed by atoms with E-state index in [1.54, 1.807) is 18.2 Å². The maximum atomic E-state index is 14.1. The third kappa shape index (κ3) is 5.03. The largest absolute Gasteiger partial charge is 0.357 e. The molecule has 1 saturated heterocycles. The molecule has 0 saturated carbocycles. The highest BCUT2D eigenvalue weighted by Crippen LogP contribution is 2.47. The molecule has 4 aromatic rings. The molecule has 0 aromatic heterocycles. The van der Waals surface area contributed by atoms with Crippen molar-refractivity contribution in [2.24, 2.45) is 0 Å². The van der Waals surface area contributed by atoms with E-state index < -0.39 is 23.1 Å². The van der Waals surface area contributed by atoms with E-state index >= 15 is 0 Å². The highest BCUT2D eigenvalue weighted by atomic mass is 35.5. The fourth-order valence-electron chi connectivity index (χ4n) is 5.69. The molecule has 0 unspecified atom stereocenters. The Labute approximate surface area is 245 Å². The van der Waals surface area contributed by atoms with Crippen molar-refractivity contribution in [3.63, 3.8) is 0 Å². The van der Waals surface area contributed by atoms with E-state index in [-0.39, 0.29) is 12.4 Å². The molecule has 1 heterocycles. The Morgan fingerprint density at radius 3 is 1.90 bits per heavy atom. The van der Waals surface area contributed by atoms with Crippen LogP contribution in [0.4, 0.5) is 0 Å². The van der Waals surface area contributed by atoms with Gasteiger partial charge in [-0.05, 0) is 54.8 Å². The second-order valence-corrected chi connectivity index (χ2v) is 11.1. The molecule has 6 rings (SSSR count). The van der Waals surface area contributed by atoms with Crippen LogP contribution in [0.5, 0.6) is 0 Å². The van der Waals surface area contributed by atoms with E-state index in [0.717, 1.165) is 16.7 Å². The molecule has 1 aliphatic heterocycles. The molecular weight excluding hydrogens is 532 g/mol. The molecule has 2 atom stereocenters. The molecule has 4 aromatic carbocycles. The quantitative estimate of drug-likeness (QED) is 0.186. The first-order valence-electron chi connectivity index (χ1n) is 13.6. The summed E-state index contributed by atoms with van der Waals surface area (Å²) in [6.07, 6.45) is 1.10. The van der Waals surface area contributed by atoms with Crippen LogP contribution in [0, 0.1) is 11.8 Å². The first kappa shape index (κ1) is 27.2. The number of Topliss-reactive ketones (excluding diaryl/α,β-unsaturated/α-hetero) is 1. The number of benzene rings is 4. The number of hydrogen-bond acceptors (Lipinski definition) is 4. The van der Waals surface area contributed by atoms with Crippen LogP contribution >= 0.6 is 11.6 Å². The molecule has 2 aliphatic rings. The standard InChI is InChI=1S/C36H29ClO4/c1-34(2)40-32-24-27(22-21-26-13-12-20-31(37)23-26)33(38)35(32,41-34)25-39-36(28-14-6-3-7-15-28,29-16-8-4-9-17-29)30-18-10-5-11-19-30/h3-20,23-24,32H,25H2,1-2H3/t32-,35-/m0/s1. The Bertz CT molecular complexity index is 1550. The Morgan fingerprint density at radius 1 is 0.805 bits per heavy atom. The van der Waals surface area contributed by atoms with Gasteiger partial charge in [0.15, 0.2) is 11.4 Å². The molecule has 204 valence electrons. The van der Waals surface area contributed by atoms with Gasteiger partial charge in [0.2, 0.25) is 5.78 Å². The molecule has 4 nitrogen and oxygen atoms in total. The van der Waals surface area contributed by atoms with Crippen molar-refractivity contribution in [2.45, 2.75) is 36.9 Å². The Morgan fingerprint density at radius 2 is 1.37 bits per heavy atom. The minimum Gasteiger partial charge on any atom is -0.357 e. The van der Waals surface area contributed by atoms with Crippen LogP contribution in [-0.4, -0.2) is 29.9 Å². The number of ketones is 1. The highest BCUT2D eigenvalue weighted by Gasteiger charge is 2.62. The number of carbonyl (C=O) groups is 1. The highest BCUT2D eigenvalue weighted by molar-refractivity contribution is 6.30. The lowest BCUT2D eigenvalue weighted by Gasteiger charge is -2.39. The van der Waals surface area contributed by atoms with Crippen LogP contribution in [0.15, 0.2) is 127 Å². The van der Waals surface area contributed by atoms with Gasteiger partial charge in [0.05, 0.1) is 12.2 Å². The van der Waals surface area contributed by atoms with Crippen LogP contribution in [0.2, 0.25) is 5.02 Å². The van der Waals surface area contributed by atoms with Crippen LogP contribution in [0.3, 0.4) is 0 Å². The molecule has 0 spiro atoms. The predicted octanol–water partition coefficient (Wildman–Crippen LogP) is 7.10. The minimum atomic E-state index is -1.40. The van der Waals surface area contributed by atoms with Gasteiger partial charge < -0.3 is 14.2 Å². The number of ether oxygens (including phenoxy) is 3. The second-order valence-electron chi connectivity index (χ2n) is 10.7. The zero-order valence-electron chi connectivity index (χ0n) is 22.8. The first-order valence-corrected chi connectivity index (χ1v) is 13.9. The van der Waals surface area contributed by atoms with Gasteiger partial charge in [-0.25, -0.2) is 0 Å². The van der Waals surface area contributed by atoms with E-state index in [1.165, 1.54) is 0 Å². The van der Waals surface area contributed by atoms with Gasteiger partial charge in [-0.1, -0.05) is 121 Å². The fourth-order valence-corrected chi connectivity index (χ4v) is 5.88. The fraction of sp³-hybridized carbons (Fsp3) is 0.194. The molecule has 5 heteroatoms. The Hall–Kier alpha value is -3.98. The summed E-state index contributed by atoms with van der Waals surface area (Å²) in [7, 11) is 0. The minimum absolute atomic E-state index is 0.0581. The molecule has 41 heavy (non-hydrogen) atoms. The summed E-state index contributed by atoms with van der Waals surface area (Å²) in [5, 5.41) is 0.581. The topological polar surface area (TPSA) is 44.8 Å². The summed E-state index contributed by atoms with van der Waals surface area (Å²) in [6.45, 7) is 3.56. The summed E-state index contributed by atoms with van der Waals surface area (Å²) >= 11 is 6.13. The number of halogens is 1. The molecule has 1 fully saturated rings. The SMILES string of the molecule is CC1(C)O[C@H]2C=C(C#Cc3cccc(Cl)c3)C(=O)[C@@]2(COC(c2ccccc2)(c2ccccc2)c2ccccc2)O1. The predicted molar refractivity (Wildman–Crippen MR) is 159 cm³/mol. The van der Waals surface area contributed by atoms with Crippen molar-refractivity contribution in [2.75, 3.05) is 6.61 Å². The molecule has 0 bridgehead atoms. The third-order valence-electron chi connectivity index (χ3n) is 7.46. The van der Waals surface area contributed by atoms with Crippen molar-refractivity contribution >= 4 is 17.4 Å². The lowest BCUT2D eigenvalue weighted by atomic mass is 9.79. The van der Waals surface area contributed by atoms with Crippen molar-refractivity contribution in [3.05, 3.63) is 154 Å². The average Bonchev–Trinajstić information content (AvgIpc) is 3.39. The van der Waals surface area contributed by atoms with Gasteiger partial charge >= 0.3 is 0 Å². The van der Waals surface area contributed by atoms with E-state index in [0.29, 0.717) is 16.2 Å². The number of fused-ring (bicyclic) bond motifs is 1. The lowest BCUT2D eigenvalue weighted by Crippen LogP contribution is -2.51. The summed E-state index contributed by atoms with van der Waals surface area (Å²) in [5.41, 5.74) is 1.43. The normalized spacial score (nSPS) is 21.1. The lowest BCUT2D eigenvalue weighted by molar-refractivity contribution is -0.185. The van der Waals surface area contributed by atoms with Gasteiger partial charge in [0, 0.05) is 10.6 Å². The Kier molecular flexibility index (Phi) is 7.15. The van der Waals surface area contributed by atoms with E-state index in [4.69, 9.17) is 25.8 Å². The maximum Gasteiger partial charge on any atom is 0.208 e. The zero-order chi connectivity index (χ0) is 28.5. The number of hydrogen-bond donors (Lipinski definition) is 0. The summed E-state index contributed by atoms with van der Waals surface area (Å²) in [4.78, 5) is 14.1. The van der Waals surface area contributed by atoms with Gasteiger partial charge in [0.25, 0.3) is 0 Å². The second kappa shape index (κ2) is 10.8. The van der Waals surface area contributed by atoms with Crippen molar-refractivity contribution < 1.29 is 19.0 Å². The van der Waals surface area contributed by atoms with Crippen LogP contribution < -0.4 is 0 Å². The summed E-state index contributed by atoms with van der Waals surface area (Å²) in [6, 6.07) is 37.4. The van der Waals surface area contributed by atoms with Gasteiger partial charge in [-0.3, -0.25) is 4.79 Å². The monoisotopic (exact) mass is 560 g/mol. The van der Waals surface area contributed by atoms with E-state index in [2.05, 4.69) is 11.8 Å². The van der Waals surface area contributed by atoms with Crippen molar-refractivity contribution in [3.8, 4) is 11.8 Å². The molecular formula is C36H29ClO4. The molecule has 1 aliphatic carbocycles.